The lowest BCUT2D eigenvalue weighted by atomic mass is 9.68. The first kappa shape index (κ1) is 28.5. The molecule has 1 aliphatic heterocycles. The third-order valence-corrected chi connectivity index (χ3v) is 6.99. The zero-order valence-corrected chi connectivity index (χ0v) is 22.8. The summed E-state index contributed by atoms with van der Waals surface area (Å²) >= 11 is 12.0. The zero-order chi connectivity index (χ0) is 28.5. The van der Waals surface area contributed by atoms with E-state index in [0.29, 0.717) is 11.3 Å². The molecule has 3 atom stereocenters. The molecule has 6 nitrogen and oxygen atoms in total. The topological polar surface area (TPSA) is 91.2 Å². The Morgan fingerprint density at radius 1 is 1.10 bits per heavy atom. The van der Waals surface area contributed by atoms with Gasteiger partial charge in [0.2, 0.25) is 5.91 Å². The predicted molar refractivity (Wildman–Crippen MR) is 145 cm³/mol. The number of nitriles is 1. The summed E-state index contributed by atoms with van der Waals surface area (Å²) < 4.78 is 35.9. The van der Waals surface area contributed by atoms with Crippen molar-refractivity contribution in [2.75, 3.05) is 11.9 Å². The second-order valence-electron chi connectivity index (χ2n) is 10.3. The minimum absolute atomic E-state index is 0.0103. The van der Waals surface area contributed by atoms with Crippen LogP contribution < -0.4 is 10.6 Å². The highest BCUT2D eigenvalue weighted by molar-refractivity contribution is 6.31. The number of carbonyl (C=O) groups is 2. The normalized spacial score (nSPS) is 20.8. The molecule has 0 radical (unpaired) electrons. The van der Waals surface area contributed by atoms with Crippen LogP contribution in [0.3, 0.4) is 0 Å². The highest BCUT2D eigenvalue weighted by Gasteiger charge is 2.55. The first-order chi connectivity index (χ1) is 18.4. The van der Waals surface area contributed by atoms with Crippen LogP contribution >= 0.6 is 23.2 Å². The number of amides is 1. The second-order valence-corrected chi connectivity index (χ2v) is 11.1. The maximum absolute atomic E-state index is 15.4. The Kier molecular flexibility index (Phi) is 7.99. The van der Waals surface area contributed by atoms with Gasteiger partial charge in [-0.25, -0.2) is 13.6 Å². The fourth-order valence-corrected chi connectivity index (χ4v) is 5.10. The third kappa shape index (κ3) is 5.76. The van der Waals surface area contributed by atoms with Crippen molar-refractivity contribution in [2.24, 2.45) is 0 Å². The van der Waals surface area contributed by atoms with Gasteiger partial charge in [-0.05, 0) is 68.8 Å². The van der Waals surface area contributed by atoms with E-state index in [9.17, 15) is 14.9 Å². The van der Waals surface area contributed by atoms with Crippen molar-refractivity contribution in [3.8, 4) is 6.07 Å². The average Bonchev–Trinajstić information content (AvgIpc) is 3.25. The van der Waals surface area contributed by atoms with E-state index < -0.39 is 46.5 Å². The Bertz CT molecular complexity index is 1470. The van der Waals surface area contributed by atoms with Crippen LogP contribution in [0.15, 0.2) is 60.7 Å². The molecule has 0 unspecified atom stereocenters. The van der Waals surface area contributed by atoms with Crippen LogP contribution in [0.2, 0.25) is 10.0 Å². The Labute approximate surface area is 234 Å². The molecule has 1 heterocycles. The lowest BCUT2D eigenvalue weighted by molar-refractivity contribution is -0.118. The fourth-order valence-electron chi connectivity index (χ4n) is 4.76. The molecule has 4 rings (SSSR count). The van der Waals surface area contributed by atoms with Crippen molar-refractivity contribution in [1.82, 2.24) is 5.32 Å². The van der Waals surface area contributed by atoms with Gasteiger partial charge in [-0.2, -0.15) is 5.26 Å². The average molecular weight is 572 g/mol. The van der Waals surface area contributed by atoms with Crippen LogP contribution in [0.25, 0.3) is 0 Å². The van der Waals surface area contributed by atoms with Gasteiger partial charge in [-0.3, -0.25) is 4.79 Å². The fraction of sp³-hybridized carbons (Fsp3) is 0.276. The van der Waals surface area contributed by atoms with Crippen molar-refractivity contribution >= 4 is 40.8 Å². The van der Waals surface area contributed by atoms with Crippen molar-refractivity contribution in [3.05, 3.63) is 99.0 Å². The van der Waals surface area contributed by atoms with Crippen molar-refractivity contribution < 1.29 is 23.1 Å². The number of carbonyl (C=O) groups excluding carboxylic acids is 2. The van der Waals surface area contributed by atoms with E-state index in [0.717, 1.165) is 6.07 Å². The molecule has 0 aliphatic carbocycles. The molecule has 1 aliphatic rings. The summed E-state index contributed by atoms with van der Waals surface area (Å²) in [5, 5.41) is 16.0. The SMILES string of the molecule is CC(C)(C)OC(=O)c1ccc(NC(=O)[C@@H]2NC[C@](C#N)(c3ccc(Cl)cc3F)[C@H]2c2cccc(Cl)c2F)cc1. The number of ether oxygens (including phenoxy) is 1. The van der Waals surface area contributed by atoms with Crippen molar-refractivity contribution in [1.29, 1.82) is 5.26 Å². The Morgan fingerprint density at radius 3 is 2.41 bits per heavy atom. The molecule has 3 aromatic carbocycles. The molecule has 1 saturated heterocycles. The first-order valence-corrected chi connectivity index (χ1v) is 12.8. The lowest BCUT2D eigenvalue weighted by Crippen LogP contribution is -2.41. The Balaban J connectivity index is 1.70. The first-order valence-electron chi connectivity index (χ1n) is 12.0. The van der Waals surface area contributed by atoms with Crippen molar-refractivity contribution in [3.63, 3.8) is 0 Å². The summed E-state index contributed by atoms with van der Waals surface area (Å²) in [4.78, 5) is 25.8. The molecular weight excluding hydrogens is 547 g/mol. The van der Waals surface area contributed by atoms with Gasteiger partial charge in [0.25, 0.3) is 0 Å². The Hall–Kier alpha value is -3.51. The molecule has 39 heavy (non-hydrogen) atoms. The van der Waals surface area contributed by atoms with Crippen LogP contribution in [0.1, 0.15) is 48.2 Å². The maximum Gasteiger partial charge on any atom is 0.338 e. The third-order valence-electron chi connectivity index (χ3n) is 6.46. The molecule has 0 saturated carbocycles. The van der Waals surface area contributed by atoms with E-state index in [1.54, 1.807) is 20.8 Å². The number of anilines is 1. The van der Waals surface area contributed by atoms with Gasteiger partial charge in [0.15, 0.2) is 0 Å². The number of benzene rings is 3. The molecule has 0 spiro atoms. The maximum atomic E-state index is 15.4. The molecule has 2 N–H and O–H groups in total. The number of hydrogen-bond acceptors (Lipinski definition) is 5. The smallest absolute Gasteiger partial charge is 0.338 e. The number of hydrogen-bond donors (Lipinski definition) is 2. The Morgan fingerprint density at radius 2 is 1.79 bits per heavy atom. The van der Waals surface area contributed by atoms with Gasteiger partial charge in [-0.15, -0.1) is 0 Å². The van der Waals surface area contributed by atoms with E-state index >= 15 is 8.78 Å². The molecule has 0 bridgehead atoms. The molecular formula is C29H25Cl2F2N3O3. The minimum atomic E-state index is -1.66. The molecule has 1 amide bonds. The monoisotopic (exact) mass is 571 g/mol. The van der Waals surface area contributed by atoms with E-state index in [2.05, 4.69) is 16.7 Å². The number of esters is 1. The van der Waals surface area contributed by atoms with Gasteiger partial charge >= 0.3 is 5.97 Å². The largest absolute Gasteiger partial charge is 0.456 e. The van der Waals surface area contributed by atoms with E-state index in [1.165, 1.54) is 54.6 Å². The highest BCUT2D eigenvalue weighted by Crippen LogP contribution is 2.47. The van der Waals surface area contributed by atoms with Gasteiger partial charge < -0.3 is 15.4 Å². The molecule has 0 aromatic heterocycles. The van der Waals surface area contributed by atoms with E-state index in [4.69, 9.17) is 27.9 Å². The molecule has 1 fully saturated rings. The summed E-state index contributed by atoms with van der Waals surface area (Å²) in [5.41, 5.74) is -1.72. The van der Waals surface area contributed by atoms with Gasteiger partial charge in [-0.1, -0.05) is 41.4 Å². The number of nitrogens with zero attached hydrogens (tertiary/aromatic N) is 1. The zero-order valence-electron chi connectivity index (χ0n) is 21.3. The summed E-state index contributed by atoms with van der Waals surface area (Å²) in [6.07, 6.45) is 0. The summed E-state index contributed by atoms with van der Waals surface area (Å²) in [7, 11) is 0. The van der Waals surface area contributed by atoms with Gasteiger partial charge in [0, 0.05) is 28.7 Å². The van der Waals surface area contributed by atoms with E-state index in [1.807, 2.05) is 0 Å². The molecule has 10 heteroatoms. The summed E-state index contributed by atoms with van der Waals surface area (Å²) in [5.74, 6) is -3.81. The quantitative estimate of drug-likeness (QED) is 0.346. The predicted octanol–water partition coefficient (Wildman–Crippen LogP) is 6.38. The number of halogens is 4. The number of rotatable bonds is 5. The van der Waals surface area contributed by atoms with Crippen LogP contribution in [-0.2, 0) is 14.9 Å². The van der Waals surface area contributed by atoms with Crippen LogP contribution in [0.5, 0.6) is 0 Å². The molecule has 202 valence electrons. The molecule has 3 aromatic rings. The van der Waals surface area contributed by atoms with Crippen LogP contribution in [-0.4, -0.2) is 30.1 Å². The highest BCUT2D eigenvalue weighted by atomic mass is 35.5. The van der Waals surface area contributed by atoms with Crippen LogP contribution in [0.4, 0.5) is 14.5 Å². The minimum Gasteiger partial charge on any atom is -0.456 e. The lowest BCUT2D eigenvalue weighted by Gasteiger charge is -2.31. The number of nitrogens with one attached hydrogen (secondary N) is 2. The summed E-state index contributed by atoms with van der Waals surface area (Å²) in [6.45, 7) is 5.12. The van der Waals surface area contributed by atoms with Gasteiger partial charge in [0.05, 0.1) is 22.7 Å². The summed E-state index contributed by atoms with van der Waals surface area (Å²) in [6, 6.07) is 15.2. The van der Waals surface area contributed by atoms with Crippen LogP contribution in [0, 0.1) is 23.0 Å². The standard InChI is InChI=1S/C29H25Cl2F2N3O3/c1-28(2,3)39-27(38)16-7-10-18(11-8-16)36-26(37)25-23(19-5-4-6-21(31)24(19)33)29(14-34,15-35-25)20-12-9-17(30)13-22(20)32/h4-13,23,25,35H,15H2,1-3H3,(H,36,37)/t23-,25+,29+/m0/s1. The van der Waals surface area contributed by atoms with Gasteiger partial charge in [0.1, 0.15) is 22.7 Å². The second kappa shape index (κ2) is 10.9. The van der Waals surface area contributed by atoms with Crippen molar-refractivity contribution in [2.45, 2.75) is 43.7 Å². The van der Waals surface area contributed by atoms with E-state index in [-0.39, 0.29) is 27.7 Å².